The van der Waals surface area contributed by atoms with Gasteiger partial charge in [-0.1, -0.05) is 71.8 Å². The number of nitrogens with zero attached hydrogens (tertiary/aromatic N) is 1. The van der Waals surface area contributed by atoms with Gasteiger partial charge in [-0.3, -0.25) is 19.3 Å². The van der Waals surface area contributed by atoms with Crippen LogP contribution in [0.1, 0.15) is 60.8 Å². The van der Waals surface area contributed by atoms with Gasteiger partial charge in [-0.05, 0) is 32.9 Å². The molecule has 6 heteroatoms. The fourth-order valence-corrected chi connectivity index (χ4v) is 3.76. The zero-order chi connectivity index (χ0) is 23.7. The van der Waals surface area contributed by atoms with Gasteiger partial charge in [0.2, 0.25) is 5.78 Å². The van der Waals surface area contributed by atoms with Crippen LogP contribution in [0.4, 0.5) is 0 Å². The Labute approximate surface area is 191 Å². The molecule has 1 aliphatic rings. The Kier molecular flexibility index (Phi) is 5.92. The highest BCUT2D eigenvalue weighted by Crippen LogP contribution is 2.28. The molecule has 0 spiro atoms. The van der Waals surface area contributed by atoms with Crippen LogP contribution in [0.2, 0.25) is 0 Å². The van der Waals surface area contributed by atoms with Gasteiger partial charge in [-0.25, -0.2) is 4.79 Å². The molecule has 3 aromatic carbocycles. The summed E-state index contributed by atoms with van der Waals surface area (Å²) < 4.78 is 5.66. The van der Waals surface area contributed by atoms with E-state index in [1.54, 1.807) is 48.5 Å². The van der Waals surface area contributed by atoms with E-state index >= 15 is 0 Å². The van der Waals surface area contributed by atoms with Crippen LogP contribution < -0.4 is 0 Å². The normalized spacial score (nSPS) is 14.6. The van der Waals surface area contributed by atoms with Crippen molar-refractivity contribution in [3.8, 4) is 0 Å². The number of carbonyl (C=O) groups excluding carboxylic acids is 4. The van der Waals surface area contributed by atoms with Gasteiger partial charge in [0, 0.05) is 11.1 Å². The molecule has 33 heavy (non-hydrogen) atoms. The van der Waals surface area contributed by atoms with Crippen molar-refractivity contribution in [3.05, 3.63) is 106 Å². The molecule has 0 unspecified atom stereocenters. The molecule has 1 aliphatic heterocycles. The SMILES string of the molecule is Cc1ccc(C(=O)[C@H](OC(=O)[C@H](C)N2C(=O)c3ccccc3C2=O)c2ccc(C)cc2)cc1. The average molecular weight is 441 g/mol. The van der Waals surface area contributed by atoms with Crippen LogP contribution in [0.25, 0.3) is 0 Å². The van der Waals surface area contributed by atoms with E-state index in [1.165, 1.54) is 6.92 Å². The van der Waals surface area contributed by atoms with Gasteiger partial charge < -0.3 is 4.74 Å². The van der Waals surface area contributed by atoms with E-state index in [4.69, 9.17) is 4.74 Å². The zero-order valence-electron chi connectivity index (χ0n) is 18.6. The van der Waals surface area contributed by atoms with E-state index in [1.807, 2.05) is 38.1 Å². The number of rotatable bonds is 6. The molecular formula is C27H23NO5. The fourth-order valence-electron chi connectivity index (χ4n) is 3.76. The highest BCUT2D eigenvalue weighted by Gasteiger charge is 2.42. The summed E-state index contributed by atoms with van der Waals surface area (Å²) in [6, 6.07) is 19.3. The maximum Gasteiger partial charge on any atom is 0.330 e. The first-order valence-corrected chi connectivity index (χ1v) is 10.6. The van der Waals surface area contributed by atoms with Gasteiger partial charge in [-0.2, -0.15) is 0 Å². The molecule has 0 saturated heterocycles. The van der Waals surface area contributed by atoms with Crippen molar-refractivity contribution in [1.82, 2.24) is 4.90 Å². The molecular weight excluding hydrogens is 418 g/mol. The van der Waals surface area contributed by atoms with Gasteiger partial charge in [0.25, 0.3) is 11.8 Å². The van der Waals surface area contributed by atoms with Crippen molar-refractivity contribution in [2.75, 3.05) is 0 Å². The van der Waals surface area contributed by atoms with Crippen LogP contribution in [-0.4, -0.2) is 34.5 Å². The minimum Gasteiger partial charge on any atom is -0.447 e. The van der Waals surface area contributed by atoms with E-state index in [0.29, 0.717) is 11.1 Å². The summed E-state index contributed by atoms with van der Waals surface area (Å²) in [4.78, 5) is 52.8. The summed E-state index contributed by atoms with van der Waals surface area (Å²) in [5.41, 5.74) is 3.38. The van der Waals surface area contributed by atoms with Crippen LogP contribution in [0.15, 0.2) is 72.8 Å². The second kappa shape index (κ2) is 8.82. The summed E-state index contributed by atoms with van der Waals surface area (Å²) in [7, 11) is 0. The lowest BCUT2D eigenvalue weighted by molar-refractivity contribution is -0.151. The third kappa shape index (κ3) is 4.20. The molecule has 2 amide bonds. The minimum absolute atomic E-state index is 0.243. The first-order chi connectivity index (χ1) is 15.8. The van der Waals surface area contributed by atoms with E-state index in [0.717, 1.165) is 16.0 Å². The number of Topliss-reactive ketones (excluding diaryl/α,β-unsaturated/α-hetero) is 1. The van der Waals surface area contributed by atoms with E-state index < -0.39 is 29.9 Å². The average Bonchev–Trinajstić information content (AvgIpc) is 3.07. The summed E-state index contributed by atoms with van der Waals surface area (Å²) in [5, 5.41) is 0. The van der Waals surface area contributed by atoms with E-state index in [-0.39, 0.29) is 16.9 Å². The van der Waals surface area contributed by atoms with Crippen LogP contribution in [0.5, 0.6) is 0 Å². The van der Waals surface area contributed by atoms with Crippen LogP contribution >= 0.6 is 0 Å². The maximum absolute atomic E-state index is 13.3. The number of imide groups is 1. The van der Waals surface area contributed by atoms with Crippen LogP contribution in [0, 0.1) is 13.8 Å². The Balaban J connectivity index is 1.62. The molecule has 0 aromatic heterocycles. The van der Waals surface area contributed by atoms with Gasteiger partial charge in [-0.15, -0.1) is 0 Å². The lowest BCUT2D eigenvalue weighted by Crippen LogP contribution is -2.44. The van der Waals surface area contributed by atoms with Gasteiger partial charge in [0.15, 0.2) is 6.10 Å². The van der Waals surface area contributed by atoms with Gasteiger partial charge >= 0.3 is 5.97 Å². The predicted octanol–water partition coefficient (Wildman–Crippen LogP) is 4.46. The Hall–Kier alpha value is -4.06. The van der Waals surface area contributed by atoms with Crippen LogP contribution in [-0.2, 0) is 9.53 Å². The third-order valence-electron chi connectivity index (χ3n) is 5.74. The van der Waals surface area contributed by atoms with E-state index in [9.17, 15) is 19.2 Å². The van der Waals surface area contributed by atoms with Crippen molar-refractivity contribution >= 4 is 23.6 Å². The lowest BCUT2D eigenvalue weighted by atomic mass is 9.98. The Morgan fingerprint density at radius 1 is 0.758 bits per heavy atom. The summed E-state index contributed by atoms with van der Waals surface area (Å²) in [5.74, 6) is -2.34. The number of amides is 2. The molecule has 4 rings (SSSR count). The molecule has 0 radical (unpaired) electrons. The summed E-state index contributed by atoms with van der Waals surface area (Å²) in [6.45, 7) is 5.25. The quantitative estimate of drug-likeness (QED) is 0.321. The maximum atomic E-state index is 13.3. The number of esters is 1. The first kappa shape index (κ1) is 22.1. The first-order valence-electron chi connectivity index (χ1n) is 10.6. The Morgan fingerprint density at radius 2 is 1.24 bits per heavy atom. The van der Waals surface area contributed by atoms with Crippen molar-refractivity contribution in [2.45, 2.75) is 32.9 Å². The molecule has 0 bridgehead atoms. The topological polar surface area (TPSA) is 80.8 Å². The number of carbonyl (C=O) groups is 4. The highest BCUT2D eigenvalue weighted by atomic mass is 16.5. The molecule has 0 N–H and O–H groups in total. The molecule has 6 nitrogen and oxygen atoms in total. The largest absolute Gasteiger partial charge is 0.447 e. The highest BCUT2D eigenvalue weighted by molar-refractivity contribution is 6.22. The Bertz CT molecular complexity index is 1210. The number of aryl methyl sites for hydroxylation is 2. The fraction of sp³-hybridized carbons (Fsp3) is 0.185. The Morgan fingerprint density at radius 3 is 1.76 bits per heavy atom. The number of hydrogen-bond donors (Lipinski definition) is 0. The number of ketones is 1. The molecule has 166 valence electrons. The second-order valence-corrected chi connectivity index (χ2v) is 8.16. The molecule has 2 atom stereocenters. The molecule has 3 aromatic rings. The standard InChI is InChI=1S/C27H23NO5/c1-16-8-12-19(13-9-16)23(29)24(20-14-10-17(2)11-15-20)33-27(32)18(3)28-25(30)21-6-4-5-7-22(21)26(28)31/h4-15,18,24H,1-3H3/t18-,24+/m0/s1. The molecule has 0 aliphatic carbocycles. The second-order valence-electron chi connectivity index (χ2n) is 8.16. The van der Waals surface area contributed by atoms with E-state index in [2.05, 4.69) is 0 Å². The summed E-state index contributed by atoms with van der Waals surface area (Å²) in [6.07, 6.45) is -1.21. The van der Waals surface area contributed by atoms with Crippen molar-refractivity contribution < 1.29 is 23.9 Å². The molecule has 0 saturated carbocycles. The molecule has 1 heterocycles. The smallest absolute Gasteiger partial charge is 0.330 e. The predicted molar refractivity (Wildman–Crippen MR) is 122 cm³/mol. The minimum atomic E-state index is -1.21. The number of fused-ring (bicyclic) bond motifs is 1. The number of benzene rings is 3. The lowest BCUT2D eigenvalue weighted by Gasteiger charge is -2.24. The monoisotopic (exact) mass is 441 g/mol. The summed E-state index contributed by atoms with van der Waals surface area (Å²) >= 11 is 0. The molecule has 0 fully saturated rings. The number of ether oxygens (including phenoxy) is 1. The number of hydrogen-bond acceptors (Lipinski definition) is 5. The van der Waals surface area contributed by atoms with Gasteiger partial charge in [0.05, 0.1) is 11.1 Å². The third-order valence-corrected chi connectivity index (χ3v) is 5.74. The van der Waals surface area contributed by atoms with Crippen molar-refractivity contribution in [3.63, 3.8) is 0 Å². The zero-order valence-corrected chi connectivity index (χ0v) is 18.6. The van der Waals surface area contributed by atoms with Crippen LogP contribution in [0.3, 0.4) is 0 Å². The van der Waals surface area contributed by atoms with Crippen molar-refractivity contribution in [2.24, 2.45) is 0 Å². The van der Waals surface area contributed by atoms with Gasteiger partial charge in [0.1, 0.15) is 6.04 Å². The van der Waals surface area contributed by atoms with Crippen molar-refractivity contribution in [1.29, 1.82) is 0 Å².